The Morgan fingerprint density at radius 3 is 2.44 bits per heavy atom. The molecule has 3 N–H and O–H groups in total. The number of nitrogens with two attached hydrogens (primary N) is 1. The van der Waals surface area contributed by atoms with Gasteiger partial charge in [0.1, 0.15) is 0 Å². The van der Waals surface area contributed by atoms with Gasteiger partial charge in [-0.1, -0.05) is 0 Å². The van der Waals surface area contributed by atoms with Crippen molar-refractivity contribution in [1.29, 1.82) is 0 Å². The Bertz CT molecular complexity index is 345. The van der Waals surface area contributed by atoms with Crippen LogP contribution in [0.1, 0.15) is 6.92 Å². The molecule has 3 amide bonds. The van der Waals surface area contributed by atoms with E-state index in [0.717, 1.165) is 0 Å². The van der Waals surface area contributed by atoms with Crippen molar-refractivity contribution in [1.82, 2.24) is 15.1 Å². The van der Waals surface area contributed by atoms with Gasteiger partial charge in [-0.3, -0.25) is 19.3 Å². The number of carbonyl (C=O) groups is 3. The minimum absolute atomic E-state index is 0.0650. The summed E-state index contributed by atoms with van der Waals surface area (Å²) in [7, 11) is 1.56. The molecule has 1 fully saturated rings. The third-order valence-electron chi connectivity index (χ3n) is 3.05. The summed E-state index contributed by atoms with van der Waals surface area (Å²) < 4.78 is 0. The highest BCUT2D eigenvalue weighted by atomic mass is 16.2. The standard InChI is InChI=1S/C11H20N4O3/c1-8(16)15-4-3-14(7-10(12)17)5-9(6-15)11(18)13-2/h9H,3-7H2,1-2H3,(H2,12,17)(H,13,18)/t9-/m1/s1. The van der Waals surface area contributed by atoms with Crippen LogP contribution >= 0.6 is 0 Å². The summed E-state index contributed by atoms with van der Waals surface area (Å²) >= 11 is 0. The van der Waals surface area contributed by atoms with Crippen molar-refractivity contribution in [2.24, 2.45) is 11.7 Å². The van der Waals surface area contributed by atoms with Gasteiger partial charge in [0.2, 0.25) is 17.7 Å². The second kappa shape index (κ2) is 6.34. The highest BCUT2D eigenvalue weighted by Crippen LogP contribution is 2.10. The topological polar surface area (TPSA) is 95.7 Å². The molecule has 0 radical (unpaired) electrons. The van der Waals surface area contributed by atoms with Crippen molar-refractivity contribution in [2.75, 3.05) is 39.8 Å². The highest BCUT2D eigenvalue weighted by Gasteiger charge is 2.28. The molecule has 1 aliphatic rings. The third kappa shape index (κ3) is 3.99. The molecule has 0 aromatic carbocycles. The van der Waals surface area contributed by atoms with Crippen LogP contribution in [0, 0.1) is 5.92 Å². The van der Waals surface area contributed by atoms with E-state index in [-0.39, 0.29) is 24.3 Å². The summed E-state index contributed by atoms with van der Waals surface area (Å²) in [5.74, 6) is -0.954. The number of primary amides is 1. The maximum atomic E-state index is 11.7. The van der Waals surface area contributed by atoms with Gasteiger partial charge in [0.25, 0.3) is 0 Å². The molecule has 0 aromatic rings. The fraction of sp³-hybridized carbons (Fsp3) is 0.727. The SMILES string of the molecule is CNC(=O)[C@@H]1CN(CC(N)=O)CCN(C(C)=O)C1. The maximum absolute atomic E-state index is 11.7. The van der Waals surface area contributed by atoms with E-state index in [0.29, 0.717) is 26.2 Å². The number of nitrogens with zero attached hydrogens (tertiary/aromatic N) is 2. The molecule has 0 aromatic heterocycles. The lowest BCUT2D eigenvalue weighted by Crippen LogP contribution is -2.42. The molecule has 7 heteroatoms. The minimum atomic E-state index is -0.429. The lowest BCUT2D eigenvalue weighted by molar-refractivity contribution is -0.131. The van der Waals surface area contributed by atoms with Gasteiger partial charge >= 0.3 is 0 Å². The molecule has 1 rings (SSSR count). The first-order valence-corrected chi connectivity index (χ1v) is 5.91. The van der Waals surface area contributed by atoms with E-state index >= 15 is 0 Å². The van der Waals surface area contributed by atoms with Gasteiger partial charge < -0.3 is 16.0 Å². The summed E-state index contributed by atoms with van der Waals surface area (Å²) in [6, 6.07) is 0. The fourth-order valence-corrected chi connectivity index (χ4v) is 2.10. The van der Waals surface area contributed by atoms with Crippen LogP contribution in [0.4, 0.5) is 0 Å². The fourth-order valence-electron chi connectivity index (χ4n) is 2.10. The highest BCUT2D eigenvalue weighted by molar-refractivity contribution is 5.80. The van der Waals surface area contributed by atoms with Crippen molar-refractivity contribution in [2.45, 2.75) is 6.92 Å². The summed E-state index contributed by atoms with van der Waals surface area (Å²) in [6.07, 6.45) is 0. The predicted octanol–water partition coefficient (Wildman–Crippen LogP) is -2.00. The maximum Gasteiger partial charge on any atom is 0.231 e. The van der Waals surface area contributed by atoms with Crippen LogP contribution in [0.2, 0.25) is 0 Å². The Balaban J connectivity index is 2.76. The van der Waals surface area contributed by atoms with E-state index in [2.05, 4.69) is 5.32 Å². The lowest BCUT2D eigenvalue weighted by Gasteiger charge is -2.22. The first-order valence-electron chi connectivity index (χ1n) is 5.91. The van der Waals surface area contributed by atoms with Crippen LogP contribution in [0.5, 0.6) is 0 Å². The van der Waals surface area contributed by atoms with E-state index < -0.39 is 5.91 Å². The molecule has 7 nitrogen and oxygen atoms in total. The average molecular weight is 256 g/mol. The van der Waals surface area contributed by atoms with Gasteiger partial charge in [-0.2, -0.15) is 0 Å². The molecule has 1 saturated heterocycles. The molecular formula is C11H20N4O3. The van der Waals surface area contributed by atoms with Crippen LogP contribution in [-0.2, 0) is 14.4 Å². The molecule has 0 saturated carbocycles. The largest absolute Gasteiger partial charge is 0.369 e. The van der Waals surface area contributed by atoms with Gasteiger partial charge in [-0.25, -0.2) is 0 Å². The molecule has 102 valence electrons. The van der Waals surface area contributed by atoms with Gasteiger partial charge in [-0.15, -0.1) is 0 Å². The van der Waals surface area contributed by atoms with Gasteiger partial charge in [0, 0.05) is 40.2 Å². The van der Waals surface area contributed by atoms with Crippen molar-refractivity contribution in [3.05, 3.63) is 0 Å². The molecule has 1 aliphatic heterocycles. The van der Waals surface area contributed by atoms with Crippen molar-refractivity contribution >= 4 is 17.7 Å². The van der Waals surface area contributed by atoms with E-state index in [1.54, 1.807) is 11.9 Å². The zero-order valence-corrected chi connectivity index (χ0v) is 10.8. The Kier molecular flexibility index (Phi) is 5.08. The van der Waals surface area contributed by atoms with Crippen molar-refractivity contribution < 1.29 is 14.4 Å². The smallest absolute Gasteiger partial charge is 0.231 e. The molecule has 0 unspecified atom stereocenters. The summed E-state index contributed by atoms with van der Waals surface area (Å²) in [4.78, 5) is 37.5. The molecule has 1 heterocycles. The van der Waals surface area contributed by atoms with E-state index in [1.807, 2.05) is 4.90 Å². The molecular weight excluding hydrogens is 236 g/mol. The lowest BCUT2D eigenvalue weighted by atomic mass is 10.1. The molecule has 18 heavy (non-hydrogen) atoms. The van der Waals surface area contributed by atoms with E-state index in [9.17, 15) is 14.4 Å². The zero-order chi connectivity index (χ0) is 13.7. The van der Waals surface area contributed by atoms with Crippen molar-refractivity contribution in [3.8, 4) is 0 Å². The summed E-state index contributed by atoms with van der Waals surface area (Å²) in [5, 5.41) is 2.58. The van der Waals surface area contributed by atoms with E-state index in [4.69, 9.17) is 5.73 Å². The first-order chi connectivity index (χ1) is 8.43. The number of carbonyl (C=O) groups excluding carboxylic acids is 3. The minimum Gasteiger partial charge on any atom is -0.369 e. The summed E-state index contributed by atoms with van der Waals surface area (Å²) in [6.45, 7) is 3.46. The number of hydrogen-bond donors (Lipinski definition) is 2. The Labute approximate surface area is 106 Å². The number of nitrogens with one attached hydrogen (secondary N) is 1. The first kappa shape index (κ1) is 14.4. The average Bonchev–Trinajstić information content (AvgIpc) is 2.50. The second-order valence-electron chi connectivity index (χ2n) is 4.48. The van der Waals surface area contributed by atoms with Crippen LogP contribution in [0.15, 0.2) is 0 Å². The van der Waals surface area contributed by atoms with Crippen LogP contribution in [-0.4, -0.2) is 67.3 Å². The second-order valence-corrected chi connectivity index (χ2v) is 4.48. The summed E-state index contributed by atoms with van der Waals surface area (Å²) in [5.41, 5.74) is 5.16. The molecule has 0 aliphatic carbocycles. The normalized spacial score (nSPS) is 21.2. The quantitative estimate of drug-likeness (QED) is 0.610. The number of rotatable bonds is 3. The van der Waals surface area contributed by atoms with Crippen LogP contribution < -0.4 is 11.1 Å². The van der Waals surface area contributed by atoms with Crippen molar-refractivity contribution in [3.63, 3.8) is 0 Å². The van der Waals surface area contributed by atoms with Crippen LogP contribution in [0.3, 0.4) is 0 Å². The predicted molar refractivity (Wildman–Crippen MR) is 65.4 cm³/mol. The van der Waals surface area contributed by atoms with Gasteiger partial charge in [-0.05, 0) is 0 Å². The van der Waals surface area contributed by atoms with Gasteiger partial charge in [0.15, 0.2) is 0 Å². The molecule has 0 spiro atoms. The molecule has 0 bridgehead atoms. The number of amides is 3. The van der Waals surface area contributed by atoms with E-state index in [1.165, 1.54) is 6.92 Å². The van der Waals surface area contributed by atoms with Crippen LogP contribution in [0.25, 0.3) is 0 Å². The zero-order valence-electron chi connectivity index (χ0n) is 10.8. The Morgan fingerprint density at radius 2 is 1.94 bits per heavy atom. The number of hydrogen-bond acceptors (Lipinski definition) is 4. The van der Waals surface area contributed by atoms with Gasteiger partial charge in [0.05, 0.1) is 12.5 Å². The monoisotopic (exact) mass is 256 g/mol. The third-order valence-corrected chi connectivity index (χ3v) is 3.05. The Hall–Kier alpha value is -1.63. The Morgan fingerprint density at radius 1 is 1.28 bits per heavy atom. The molecule has 1 atom stereocenters.